The van der Waals surface area contributed by atoms with Gasteiger partial charge < -0.3 is 19.7 Å². The number of rotatable bonds is 5. The number of hydrogen-bond donors (Lipinski definition) is 2. The summed E-state index contributed by atoms with van der Waals surface area (Å²) in [6.07, 6.45) is 2.49. The number of aromatic nitrogens is 4. The quantitative estimate of drug-likeness (QED) is 0.696. The standard InChI is InChI=1S/C19H22N6O3/c1-3-14-13-11-20-24-17(13)23-19(21-14)22-15-5-4-12(10-16(15)27-2)18(26)25-6-8-28-9-7-25/h4-5,10-11H,3,6-9H2,1-2H3,(H2,20,21,22,23,24). The first-order chi connectivity index (χ1) is 13.7. The molecule has 3 heterocycles. The summed E-state index contributed by atoms with van der Waals surface area (Å²) in [4.78, 5) is 23.5. The number of nitrogens with zero attached hydrogens (tertiary/aromatic N) is 4. The SMILES string of the molecule is CCc1nc(Nc2ccc(C(=O)N3CCOCC3)cc2OC)nc2[nH]ncc12. The molecular formula is C19H22N6O3. The summed E-state index contributed by atoms with van der Waals surface area (Å²) in [6, 6.07) is 5.31. The summed E-state index contributed by atoms with van der Waals surface area (Å²) < 4.78 is 10.8. The fraction of sp³-hybridized carbons (Fsp3) is 0.368. The van der Waals surface area contributed by atoms with Crippen LogP contribution in [0, 0.1) is 0 Å². The Morgan fingerprint density at radius 1 is 1.32 bits per heavy atom. The average molecular weight is 382 g/mol. The van der Waals surface area contributed by atoms with Gasteiger partial charge in [0.2, 0.25) is 5.95 Å². The Bertz CT molecular complexity index is 996. The van der Waals surface area contributed by atoms with Crippen molar-refractivity contribution >= 4 is 28.6 Å². The Morgan fingerprint density at radius 2 is 2.14 bits per heavy atom. The van der Waals surface area contributed by atoms with Gasteiger partial charge in [0.1, 0.15) is 5.75 Å². The summed E-state index contributed by atoms with van der Waals surface area (Å²) in [5, 5.41) is 11.0. The fourth-order valence-electron chi connectivity index (χ4n) is 3.22. The van der Waals surface area contributed by atoms with Crippen molar-refractivity contribution < 1.29 is 14.3 Å². The van der Waals surface area contributed by atoms with E-state index < -0.39 is 0 Å². The lowest BCUT2D eigenvalue weighted by molar-refractivity contribution is 0.0302. The topological polar surface area (TPSA) is 105 Å². The zero-order valence-electron chi connectivity index (χ0n) is 15.9. The lowest BCUT2D eigenvalue weighted by atomic mass is 10.1. The van der Waals surface area contributed by atoms with Gasteiger partial charge in [0.05, 0.1) is 43.3 Å². The van der Waals surface area contributed by atoms with Crippen molar-refractivity contribution in [3.8, 4) is 5.75 Å². The van der Waals surface area contributed by atoms with Crippen LogP contribution in [0.3, 0.4) is 0 Å². The minimum Gasteiger partial charge on any atom is -0.495 e. The Balaban J connectivity index is 1.60. The maximum absolute atomic E-state index is 12.7. The van der Waals surface area contributed by atoms with Gasteiger partial charge in [0, 0.05) is 18.7 Å². The highest BCUT2D eigenvalue weighted by atomic mass is 16.5. The molecule has 0 atom stereocenters. The third-order valence-electron chi connectivity index (χ3n) is 4.72. The molecular weight excluding hydrogens is 360 g/mol. The molecule has 0 saturated carbocycles. The van der Waals surface area contributed by atoms with Crippen LogP contribution < -0.4 is 10.1 Å². The van der Waals surface area contributed by atoms with Gasteiger partial charge in [0.15, 0.2) is 5.65 Å². The molecule has 0 bridgehead atoms. The predicted octanol–water partition coefficient (Wildman–Crippen LogP) is 2.14. The minimum absolute atomic E-state index is 0.0310. The molecule has 2 N–H and O–H groups in total. The zero-order valence-corrected chi connectivity index (χ0v) is 15.9. The van der Waals surface area contributed by atoms with E-state index in [1.54, 1.807) is 36.4 Å². The molecule has 9 nitrogen and oxygen atoms in total. The number of ether oxygens (including phenoxy) is 2. The number of aromatic amines is 1. The molecule has 0 radical (unpaired) electrons. The predicted molar refractivity (Wildman–Crippen MR) is 104 cm³/mol. The first-order valence-electron chi connectivity index (χ1n) is 9.21. The smallest absolute Gasteiger partial charge is 0.254 e. The molecule has 1 aromatic carbocycles. The Hall–Kier alpha value is -3.20. The number of fused-ring (bicyclic) bond motifs is 1. The number of benzene rings is 1. The third-order valence-corrected chi connectivity index (χ3v) is 4.72. The molecule has 1 saturated heterocycles. The lowest BCUT2D eigenvalue weighted by Crippen LogP contribution is -2.40. The normalized spacial score (nSPS) is 14.3. The number of aryl methyl sites for hydroxylation is 1. The highest BCUT2D eigenvalue weighted by Gasteiger charge is 2.20. The molecule has 0 spiro atoms. The number of anilines is 2. The second kappa shape index (κ2) is 7.81. The summed E-state index contributed by atoms with van der Waals surface area (Å²) in [5.74, 6) is 0.959. The van der Waals surface area contributed by atoms with E-state index in [0.717, 1.165) is 17.5 Å². The van der Waals surface area contributed by atoms with E-state index in [-0.39, 0.29) is 5.91 Å². The maximum Gasteiger partial charge on any atom is 0.254 e. The molecule has 1 aliphatic heterocycles. The van der Waals surface area contributed by atoms with Crippen LogP contribution in [0.4, 0.5) is 11.6 Å². The van der Waals surface area contributed by atoms with Gasteiger partial charge in [-0.15, -0.1) is 0 Å². The van der Waals surface area contributed by atoms with Crippen molar-refractivity contribution in [2.75, 3.05) is 38.7 Å². The number of hydrogen-bond acceptors (Lipinski definition) is 7. The molecule has 0 aliphatic carbocycles. The zero-order chi connectivity index (χ0) is 19.5. The van der Waals surface area contributed by atoms with Crippen molar-refractivity contribution in [3.05, 3.63) is 35.7 Å². The van der Waals surface area contributed by atoms with E-state index in [1.165, 1.54) is 0 Å². The molecule has 4 rings (SSSR count). The van der Waals surface area contributed by atoms with Crippen LogP contribution in [-0.4, -0.2) is 64.4 Å². The Kier molecular flexibility index (Phi) is 5.07. The van der Waals surface area contributed by atoms with Crippen molar-refractivity contribution in [2.45, 2.75) is 13.3 Å². The number of amides is 1. The lowest BCUT2D eigenvalue weighted by Gasteiger charge is -2.27. The van der Waals surface area contributed by atoms with Crippen molar-refractivity contribution in [3.63, 3.8) is 0 Å². The monoisotopic (exact) mass is 382 g/mol. The van der Waals surface area contributed by atoms with Gasteiger partial charge in [-0.2, -0.15) is 10.1 Å². The van der Waals surface area contributed by atoms with Gasteiger partial charge in [-0.25, -0.2) is 4.98 Å². The second-order valence-corrected chi connectivity index (χ2v) is 6.42. The largest absolute Gasteiger partial charge is 0.495 e. The van der Waals surface area contributed by atoms with Gasteiger partial charge in [-0.1, -0.05) is 6.92 Å². The van der Waals surface area contributed by atoms with E-state index in [9.17, 15) is 4.79 Å². The van der Waals surface area contributed by atoms with E-state index in [0.29, 0.717) is 54.9 Å². The van der Waals surface area contributed by atoms with Crippen molar-refractivity contribution in [1.29, 1.82) is 0 Å². The third kappa shape index (κ3) is 3.48. The number of morpholine rings is 1. The molecule has 3 aromatic rings. The van der Waals surface area contributed by atoms with E-state index in [2.05, 4.69) is 25.5 Å². The first-order valence-corrected chi connectivity index (χ1v) is 9.21. The number of methoxy groups -OCH3 is 1. The summed E-state index contributed by atoms with van der Waals surface area (Å²) in [5.41, 5.74) is 2.83. The van der Waals surface area contributed by atoms with Crippen LogP contribution in [-0.2, 0) is 11.2 Å². The highest BCUT2D eigenvalue weighted by Crippen LogP contribution is 2.29. The molecule has 1 amide bonds. The highest BCUT2D eigenvalue weighted by molar-refractivity contribution is 5.95. The molecule has 0 unspecified atom stereocenters. The minimum atomic E-state index is -0.0310. The van der Waals surface area contributed by atoms with Crippen LogP contribution in [0.1, 0.15) is 23.0 Å². The molecule has 2 aromatic heterocycles. The number of carbonyl (C=O) groups excluding carboxylic acids is 1. The molecule has 146 valence electrons. The van der Waals surface area contributed by atoms with Gasteiger partial charge in [0.25, 0.3) is 5.91 Å². The van der Waals surface area contributed by atoms with Gasteiger partial charge in [-0.05, 0) is 24.6 Å². The Labute approximate surface area is 162 Å². The molecule has 1 aliphatic rings. The van der Waals surface area contributed by atoms with E-state index >= 15 is 0 Å². The average Bonchev–Trinajstić information content (AvgIpc) is 3.22. The maximum atomic E-state index is 12.7. The van der Waals surface area contributed by atoms with Crippen molar-refractivity contribution in [2.24, 2.45) is 0 Å². The number of carbonyl (C=O) groups is 1. The number of nitrogens with one attached hydrogen (secondary N) is 2. The summed E-state index contributed by atoms with van der Waals surface area (Å²) >= 11 is 0. The van der Waals surface area contributed by atoms with Crippen LogP contribution in [0.25, 0.3) is 11.0 Å². The van der Waals surface area contributed by atoms with Crippen molar-refractivity contribution in [1.82, 2.24) is 25.1 Å². The first kappa shape index (κ1) is 18.2. The molecule has 28 heavy (non-hydrogen) atoms. The van der Waals surface area contributed by atoms with Gasteiger partial charge >= 0.3 is 0 Å². The van der Waals surface area contributed by atoms with Crippen LogP contribution in [0.15, 0.2) is 24.4 Å². The molecule has 9 heteroatoms. The van der Waals surface area contributed by atoms with Crippen LogP contribution in [0.5, 0.6) is 5.75 Å². The summed E-state index contributed by atoms with van der Waals surface area (Å²) in [6.45, 7) is 4.36. The Morgan fingerprint density at radius 3 is 2.89 bits per heavy atom. The fourth-order valence-corrected chi connectivity index (χ4v) is 3.22. The second-order valence-electron chi connectivity index (χ2n) is 6.42. The summed E-state index contributed by atoms with van der Waals surface area (Å²) in [7, 11) is 1.57. The van der Waals surface area contributed by atoms with E-state index in [1.807, 2.05) is 6.92 Å². The number of H-pyrrole nitrogens is 1. The van der Waals surface area contributed by atoms with E-state index in [4.69, 9.17) is 9.47 Å². The van der Waals surface area contributed by atoms with Crippen LogP contribution >= 0.6 is 0 Å². The molecule has 1 fully saturated rings. The van der Waals surface area contributed by atoms with Crippen LogP contribution in [0.2, 0.25) is 0 Å². The van der Waals surface area contributed by atoms with Gasteiger partial charge in [-0.3, -0.25) is 9.89 Å².